The maximum Gasteiger partial charge on any atom is 0.410 e. The molecule has 152 valence electrons. The zero-order valence-corrected chi connectivity index (χ0v) is 17.4. The van der Waals surface area contributed by atoms with E-state index < -0.39 is 5.60 Å². The molecule has 0 aromatic heterocycles. The van der Waals surface area contributed by atoms with Gasteiger partial charge in [-0.05, 0) is 58.2 Å². The van der Waals surface area contributed by atoms with Gasteiger partial charge in [0.15, 0.2) is 0 Å². The minimum atomic E-state index is -0.564. The van der Waals surface area contributed by atoms with Crippen molar-refractivity contribution in [3.05, 3.63) is 34.9 Å². The zero-order chi connectivity index (χ0) is 20.3. The summed E-state index contributed by atoms with van der Waals surface area (Å²) in [4.78, 5) is 25.4. The molecule has 0 atom stereocenters. The number of halogens is 1. The molecule has 0 bridgehead atoms. The third-order valence-corrected chi connectivity index (χ3v) is 3.69. The van der Waals surface area contributed by atoms with Crippen molar-refractivity contribution in [3.63, 3.8) is 0 Å². The number of amides is 1. The first-order valence-electron chi connectivity index (χ1n) is 9.17. The molecule has 0 fully saturated rings. The first kappa shape index (κ1) is 23.2. The maximum atomic E-state index is 12.5. The normalized spacial score (nSPS) is 11.1. The fourth-order valence-electron chi connectivity index (χ4n) is 2.29. The summed E-state index contributed by atoms with van der Waals surface area (Å²) in [6.45, 7) is 8.84. The Balaban J connectivity index is 2.52. The Kier molecular flexibility index (Phi) is 10.2. The van der Waals surface area contributed by atoms with Crippen molar-refractivity contribution in [3.8, 4) is 0 Å². The summed E-state index contributed by atoms with van der Waals surface area (Å²) in [6.07, 6.45) is 0.896. The van der Waals surface area contributed by atoms with Crippen LogP contribution in [0.1, 0.15) is 39.7 Å². The lowest BCUT2D eigenvalue weighted by molar-refractivity contribution is -0.148. The van der Waals surface area contributed by atoms with Crippen molar-refractivity contribution < 1.29 is 23.8 Å². The van der Waals surface area contributed by atoms with Crippen LogP contribution in [0.2, 0.25) is 5.02 Å². The van der Waals surface area contributed by atoms with E-state index in [-0.39, 0.29) is 18.7 Å². The fraction of sp³-hybridized carbons (Fsp3) is 0.600. The molecule has 7 heteroatoms. The predicted octanol–water partition coefficient (Wildman–Crippen LogP) is 4.09. The highest BCUT2D eigenvalue weighted by atomic mass is 35.5. The lowest BCUT2D eigenvalue weighted by Gasteiger charge is -2.27. The third kappa shape index (κ3) is 10.8. The molecule has 1 aromatic rings. The smallest absolute Gasteiger partial charge is 0.410 e. The quantitative estimate of drug-likeness (QED) is 0.438. The van der Waals surface area contributed by atoms with Gasteiger partial charge >= 0.3 is 12.1 Å². The predicted molar refractivity (Wildman–Crippen MR) is 105 cm³/mol. The van der Waals surface area contributed by atoms with Gasteiger partial charge in [0.2, 0.25) is 0 Å². The minimum Gasteiger partial charge on any atom is -0.464 e. The SMILES string of the molecule is CCOC(=O)COCCCN(CCc1cccc(Cl)c1)C(=O)OC(C)(C)C. The van der Waals surface area contributed by atoms with Gasteiger partial charge in [-0.3, -0.25) is 0 Å². The summed E-state index contributed by atoms with van der Waals surface area (Å²) >= 11 is 6.02. The third-order valence-electron chi connectivity index (χ3n) is 3.45. The second kappa shape index (κ2) is 11.8. The summed E-state index contributed by atoms with van der Waals surface area (Å²) in [5.74, 6) is -0.387. The summed E-state index contributed by atoms with van der Waals surface area (Å²) < 4.78 is 15.6. The Labute approximate surface area is 166 Å². The molecule has 1 aromatic carbocycles. The van der Waals surface area contributed by atoms with Crippen molar-refractivity contribution in [1.29, 1.82) is 0 Å². The second-order valence-corrected chi connectivity index (χ2v) is 7.49. The number of esters is 1. The molecule has 0 unspecified atom stereocenters. The first-order chi connectivity index (χ1) is 12.7. The molecule has 0 spiro atoms. The molecule has 0 saturated carbocycles. The highest BCUT2D eigenvalue weighted by molar-refractivity contribution is 6.30. The van der Waals surface area contributed by atoms with Crippen molar-refractivity contribution in [2.45, 2.75) is 46.1 Å². The lowest BCUT2D eigenvalue weighted by atomic mass is 10.1. The van der Waals surface area contributed by atoms with Crippen LogP contribution in [0.15, 0.2) is 24.3 Å². The molecule has 0 aliphatic heterocycles. The van der Waals surface area contributed by atoms with Gasteiger partial charge in [0, 0.05) is 24.7 Å². The van der Waals surface area contributed by atoms with Crippen LogP contribution in [0, 0.1) is 0 Å². The molecule has 0 saturated heterocycles. The van der Waals surface area contributed by atoms with Gasteiger partial charge in [-0.25, -0.2) is 9.59 Å². The van der Waals surface area contributed by atoms with E-state index in [1.165, 1.54) is 0 Å². The van der Waals surface area contributed by atoms with E-state index in [4.69, 9.17) is 25.8 Å². The first-order valence-corrected chi connectivity index (χ1v) is 9.55. The number of benzene rings is 1. The van der Waals surface area contributed by atoms with Crippen molar-refractivity contribution >= 4 is 23.7 Å². The number of hydrogen-bond acceptors (Lipinski definition) is 5. The summed E-state index contributed by atoms with van der Waals surface area (Å²) in [7, 11) is 0. The molecule has 0 radical (unpaired) electrons. The fourth-order valence-corrected chi connectivity index (χ4v) is 2.51. The van der Waals surface area contributed by atoms with Gasteiger partial charge in [-0.1, -0.05) is 23.7 Å². The van der Waals surface area contributed by atoms with E-state index in [1.54, 1.807) is 11.8 Å². The van der Waals surface area contributed by atoms with Gasteiger partial charge in [-0.15, -0.1) is 0 Å². The largest absolute Gasteiger partial charge is 0.464 e. The van der Waals surface area contributed by atoms with Crippen molar-refractivity contribution in [2.24, 2.45) is 0 Å². The van der Waals surface area contributed by atoms with Crippen LogP contribution in [0.25, 0.3) is 0 Å². The highest BCUT2D eigenvalue weighted by Gasteiger charge is 2.21. The molecular weight excluding hydrogens is 370 g/mol. The monoisotopic (exact) mass is 399 g/mol. The molecule has 27 heavy (non-hydrogen) atoms. The van der Waals surface area contributed by atoms with Gasteiger partial charge < -0.3 is 19.1 Å². The summed E-state index contributed by atoms with van der Waals surface area (Å²) in [5, 5.41) is 0.670. The summed E-state index contributed by atoms with van der Waals surface area (Å²) in [5.41, 5.74) is 0.487. The number of carbonyl (C=O) groups is 2. The molecule has 0 heterocycles. The van der Waals surface area contributed by atoms with Crippen LogP contribution in [0.4, 0.5) is 4.79 Å². The standard InChI is InChI=1S/C20H30ClNO5/c1-5-26-18(23)15-25-13-7-11-22(19(24)27-20(2,3)4)12-10-16-8-6-9-17(21)14-16/h6,8-9,14H,5,7,10-13,15H2,1-4H3. The molecule has 0 aliphatic rings. The van der Waals surface area contributed by atoms with E-state index in [0.29, 0.717) is 44.2 Å². The minimum absolute atomic E-state index is 0.0806. The Morgan fingerprint density at radius 3 is 2.56 bits per heavy atom. The average Bonchev–Trinajstić information content (AvgIpc) is 2.56. The Morgan fingerprint density at radius 2 is 1.93 bits per heavy atom. The summed E-state index contributed by atoms with van der Waals surface area (Å²) in [6, 6.07) is 7.56. The van der Waals surface area contributed by atoms with Gasteiger partial charge in [0.1, 0.15) is 12.2 Å². The van der Waals surface area contributed by atoms with E-state index >= 15 is 0 Å². The molecule has 1 amide bonds. The lowest BCUT2D eigenvalue weighted by Crippen LogP contribution is -2.39. The molecule has 1 rings (SSSR count). The maximum absolute atomic E-state index is 12.5. The van der Waals surface area contributed by atoms with Gasteiger partial charge in [0.25, 0.3) is 0 Å². The van der Waals surface area contributed by atoms with Crippen molar-refractivity contribution in [1.82, 2.24) is 4.90 Å². The zero-order valence-electron chi connectivity index (χ0n) is 16.6. The Morgan fingerprint density at radius 1 is 1.19 bits per heavy atom. The number of rotatable bonds is 10. The van der Waals surface area contributed by atoms with Crippen LogP contribution in [-0.2, 0) is 25.4 Å². The molecule has 6 nitrogen and oxygen atoms in total. The number of carbonyl (C=O) groups excluding carboxylic acids is 2. The molecule has 0 N–H and O–H groups in total. The Bertz CT molecular complexity index is 600. The van der Waals surface area contributed by atoms with Crippen LogP contribution in [-0.4, -0.2) is 55.5 Å². The number of hydrogen-bond donors (Lipinski definition) is 0. The average molecular weight is 400 g/mol. The van der Waals surface area contributed by atoms with Crippen molar-refractivity contribution in [2.75, 3.05) is 32.9 Å². The highest BCUT2D eigenvalue weighted by Crippen LogP contribution is 2.14. The van der Waals surface area contributed by atoms with Crippen LogP contribution in [0.3, 0.4) is 0 Å². The number of ether oxygens (including phenoxy) is 3. The van der Waals surface area contributed by atoms with Crippen LogP contribution >= 0.6 is 11.6 Å². The van der Waals surface area contributed by atoms with Crippen LogP contribution < -0.4 is 0 Å². The van der Waals surface area contributed by atoms with E-state index in [2.05, 4.69) is 0 Å². The van der Waals surface area contributed by atoms with E-state index in [1.807, 2.05) is 45.0 Å². The van der Waals surface area contributed by atoms with Gasteiger partial charge in [-0.2, -0.15) is 0 Å². The molecular formula is C20H30ClNO5. The molecule has 0 aliphatic carbocycles. The topological polar surface area (TPSA) is 65.1 Å². The number of nitrogens with zero attached hydrogens (tertiary/aromatic N) is 1. The second-order valence-electron chi connectivity index (χ2n) is 7.06. The van der Waals surface area contributed by atoms with Gasteiger partial charge in [0.05, 0.1) is 6.61 Å². The van der Waals surface area contributed by atoms with Crippen LogP contribution in [0.5, 0.6) is 0 Å². The van der Waals surface area contributed by atoms with E-state index in [9.17, 15) is 9.59 Å². The van der Waals surface area contributed by atoms with E-state index in [0.717, 1.165) is 5.56 Å². The Hall–Kier alpha value is -1.79.